The fourth-order valence-corrected chi connectivity index (χ4v) is 1.83. The minimum Gasteiger partial charge on any atom is -0.493 e. The lowest BCUT2D eigenvalue weighted by atomic mass is 10.1. The molecular formula is C14H15NO4. The molecule has 5 heteroatoms. The van der Waals surface area contributed by atoms with Gasteiger partial charge in [-0.15, -0.1) is 0 Å². The molecule has 1 aliphatic heterocycles. The number of carboxylic acid groups (broad SMARTS) is 1. The second-order valence-electron chi connectivity index (χ2n) is 4.23. The minimum absolute atomic E-state index is 0.0736. The van der Waals surface area contributed by atoms with Gasteiger partial charge in [0.15, 0.2) is 0 Å². The van der Waals surface area contributed by atoms with Crippen LogP contribution in [0.2, 0.25) is 0 Å². The minimum atomic E-state index is -0.928. The van der Waals surface area contributed by atoms with Crippen LogP contribution in [0.1, 0.15) is 17.5 Å². The highest BCUT2D eigenvalue weighted by atomic mass is 16.5. The van der Waals surface area contributed by atoms with Crippen molar-refractivity contribution in [2.45, 2.75) is 12.8 Å². The van der Waals surface area contributed by atoms with Gasteiger partial charge in [-0.3, -0.25) is 9.59 Å². The third kappa shape index (κ3) is 3.84. The van der Waals surface area contributed by atoms with Crippen molar-refractivity contribution in [1.82, 2.24) is 5.32 Å². The lowest BCUT2D eigenvalue weighted by Gasteiger charge is -2.00. The molecule has 1 aromatic rings. The van der Waals surface area contributed by atoms with Crippen molar-refractivity contribution in [3.8, 4) is 5.75 Å². The molecule has 19 heavy (non-hydrogen) atoms. The predicted octanol–water partition coefficient (Wildman–Crippen LogP) is 1.23. The number of hydrogen-bond donors (Lipinski definition) is 2. The number of rotatable bonds is 5. The highest BCUT2D eigenvalue weighted by Crippen LogP contribution is 2.26. The number of fused-ring (bicyclic) bond motifs is 1. The molecule has 2 N–H and O–H groups in total. The van der Waals surface area contributed by atoms with E-state index in [0.29, 0.717) is 6.61 Å². The zero-order valence-electron chi connectivity index (χ0n) is 10.4. The maximum absolute atomic E-state index is 11.4. The third-order valence-corrected chi connectivity index (χ3v) is 2.78. The van der Waals surface area contributed by atoms with E-state index in [1.165, 1.54) is 6.08 Å². The first-order chi connectivity index (χ1) is 9.15. The molecule has 2 rings (SSSR count). The van der Waals surface area contributed by atoms with Gasteiger partial charge in [0.2, 0.25) is 5.91 Å². The lowest BCUT2D eigenvalue weighted by Crippen LogP contribution is -2.23. The first kappa shape index (κ1) is 13.1. The number of benzene rings is 1. The highest BCUT2D eigenvalue weighted by molar-refractivity contribution is 5.91. The van der Waals surface area contributed by atoms with Crippen LogP contribution in [0.4, 0.5) is 0 Å². The molecule has 100 valence electrons. The second kappa shape index (κ2) is 6.04. The fourth-order valence-electron chi connectivity index (χ4n) is 1.83. The van der Waals surface area contributed by atoms with E-state index in [9.17, 15) is 9.59 Å². The third-order valence-electron chi connectivity index (χ3n) is 2.78. The zero-order valence-corrected chi connectivity index (χ0v) is 10.4. The predicted molar refractivity (Wildman–Crippen MR) is 69.9 cm³/mol. The molecule has 1 aromatic carbocycles. The van der Waals surface area contributed by atoms with Gasteiger partial charge >= 0.3 is 5.97 Å². The van der Waals surface area contributed by atoms with Gasteiger partial charge in [-0.25, -0.2) is 0 Å². The summed E-state index contributed by atoms with van der Waals surface area (Å²) in [5.41, 5.74) is 2.08. The van der Waals surface area contributed by atoms with Gasteiger partial charge < -0.3 is 15.2 Å². The molecule has 1 heterocycles. The Balaban J connectivity index is 1.88. The van der Waals surface area contributed by atoms with E-state index in [1.807, 2.05) is 18.2 Å². The summed E-state index contributed by atoms with van der Waals surface area (Å²) in [5, 5.41) is 10.9. The normalized spacial score (nSPS) is 13.1. The molecule has 0 atom stereocenters. The average molecular weight is 261 g/mol. The van der Waals surface area contributed by atoms with Gasteiger partial charge in [-0.05, 0) is 29.3 Å². The summed E-state index contributed by atoms with van der Waals surface area (Å²) < 4.78 is 5.40. The van der Waals surface area contributed by atoms with Crippen LogP contribution in [-0.4, -0.2) is 30.1 Å². The van der Waals surface area contributed by atoms with E-state index in [1.54, 1.807) is 6.08 Å². The monoisotopic (exact) mass is 261 g/mol. The number of carboxylic acids is 1. The molecule has 0 unspecified atom stereocenters. The van der Waals surface area contributed by atoms with Gasteiger partial charge in [0, 0.05) is 19.0 Å². The van der Waals surface area contributed by atoms with Crippen LogP contribution in [0.3, 0.4) is 0 Å². The maximum Gasteiger partial charge on any atom is 0.305 e. The molecule has 0 aliphatic carbocycles. The molecule has 0 spiro atoms. The van der Waals surface area contributed by atoms with Crippen molar-refractivity contribution in [2.75, 3.05) is 13.2 Å². The Morgan fingerprint density at radius 2 is 2.26 bits per heavy atom. The van der Waals surface area contributed by atoms with Crippen LogP contribution in [0.15, 0.2) is 24.3 Å². The van der Waals surface area contributed by atoms with Crippen molar-refractivity contribution in [3.05, 3.63) is 35.4 Å². The molecule has 0 aromatic heterocycles. The molecule has 0 saturated carbocycles. The number of carbonyl (C=O) groups excluding carboxylic acids is 1. The summed E-state index contributed by atoms with van der Waals surface area (Å²) in [7, 11) is 0. The average Bonchev–Trinajstić information content (AvgIpc) is 2.83. The fraction of sp³-hybridized carbons (Fsp3) is 0.286. The van der Waals surface area contributed by atoms with Crippen molar-refractivity contribution < 1.29 is 19.4 Å². The van der Waals surface area contributed by atoms with Gasteiger partial charge in [-0.2, -0.15) is 0 Å². The molecule has 0 radical (unpaired) electrons. The Labute approximate surface area is 110 Å². The quantitative estimate of drug-likeness (QED) is 0.782. The molecule has 1 aliphatic rings. The first-order valence-corrected chi connectivity index (χ1v) is 6.08. The van der Waals surface area contributed by atoms with Gasteiger partial charge in [0.1, 0.15) is 5.75 Å². The number of aliphatic carboxylic acids is 1. The number of carbonyl (C=O) groups is 2. The SMILES string of the molecule is O=C(O)CCNC(=O)/C=C/c1ccc2c(c1)CCO2. The Kier molecular flexibility index (Phi) is 4.18. The number of ether oxygens (including phenoxy) is 1. The standard InChI is InChI=1S/C14H15NO4/c16-13(15-7-5-14(17)18)4-2-10-1-3-12-11(9-10)6-8-19-12/h1-4,9H,5-8H2,(H,15,16)(H,17,18)/b4-2+. The maximum atomic E-state index is 11.4. The van der Waals surface area contributed by atoms with E-state index in [4.69, 9.17) is 9.84 Å². The van der Waals surface area contributed by atoms with Crippen LogP contribution in [-0.2, 0) is 16.0 Å². The summed E-state index contributed by atoms with van der Waals surface area (Å²) in [6, 6.07) is 5.76. The van der Waals surface area contributed by atoms with Crippen LogP contribution in [0.25, 0.3) is 6.08 Å². The molecule has 0 bridgehead atoms. The van der Waals surface area contributed by atoms with E-state index >= 15 is 0 Å². The lowest BCUT2D eigenvalue weighted by molar-refractivity contribution is -0.136. The number of hydrogen-bond acceptors (Lipinski definition) is 3. The summed E-state index contributed by atoms with van der Waals surface area (Å²) >= 11 is 0. The van der Waals surface area contributed by atoms with E-state index in [-0.39, 0.29) is 18.9 Å². The Morgan fingerprint density at radius 1 is 1.42 bits per heavy atom. The van der Waals surface area contributed by atoms with Gasteiger partial charge in [-0.1, -0.05) is 6.07 Å². The Bertz CT molecular complexity index is 522. The number of nitrogens with one attached hydrogen (secondary N) is 1. The second-order valence-corrected chi connectivity index (χ2v) is 4.23. The smallest absolute Gasteiger partial charge is 0.305 e. The van der Waals surface area contributed by atoms with Gasteiger partial charge in [0.05, 0.1) is 13.0 Å². The highest BCUT2D eigenvalue weighted by Gasteiger charge is 2.11. The Morgan fingerprint density at radius 3 is 3.05 bits per heavy atom. The molecule has 1 amide bonds. The zero-order chi connectivity index (χ0) is 13.7. The number of amides is 1. The summed E-state index contributed by atoms with van der Waals surface area (Å²) in [5.74, 6) is -0.316. The molecule has 0 fully saturated rings. The summed E-state index contributed by atoms with van der Waals surface area (Å²) in [6.07, 6.45) is 3.92. The molecular weight excluding hydrogens is 246 g/mol. The summed E-state index contributed by atoms with van der Waals surface area (Å²) in [4.78, 5) is 21.7. The Hall–Kier alpha value is -2.30. The largest absolute Gasteiger partial charge is 0.493 e. The summed E-state index contributed by atoms with van der Waals surface area (Å²) in [6.45, 7) is 0.842. The van der Waals surface area contributed by atoms with Crippen LogP contribution in [0, 0.1) is 0 Å². The van der Waals surface area contributed by atoms with Crippen molar-refractivity contribution in [3.63, 3.8) is 0 Å². The first-order valence-electron chi connectivity index (χ1n) is 6.08. The van der Waals surface area contributed by atoms with E-state index in [0.717, 1.165) is 23.3 Å². The van der Waals surface area contributed by atoms with Crippen molar-refractivity contribution in [2.24, 2.45) is 0 Å². The molecule has 0 saturated heterocycles. The van der Waals surface area contributed by atoms with Crippen LogP contribution >= 0.6 is 0 Å². The van der Waals surface area contributed by atoms with Crippen LogP contribution < -0.4 is 10.1 Å². The van der Waals surface area contributed by atoms with Crippen LogP contribution in [0.5, 0.6) is 5.75 Å². The van der Waals surface area contributed by atoms with Gasteiger partial charge in [0.25, 0.3) is 0 Å². The van der Waals surface area contributed by atoms with Crippen molar-refractivity contribution >= 4 is 18.0 Å². The van der Waals surface area contributed by atoms with E-state index < -0.39 is 5.97 Å². The molecule has 5 nitrogen and oxygen atoms in total. The topological polar surface area (TPSA) is 75.6 Å². The van der Waals surface area contributed by atoms with Crippen molar-refractivity contribution in [1.29, 1.82) is 0 Å². The van der Waals surface area contributed by atoms with E-state index in [2.05, 4.69) is 5.32 Å².